The fourth-order valence-electron chi connectivity index (χ4n) is 1.36. The summed E-state index contributed by atoms with van der Waals surface area (Å²) in [4.78, 5) is 11.6. The molecule has 0 aliphatic rings. The van der Waals surface area contributed by atoms with E-state index in [1.807, 2.05) is 0 Å². The SMILES string of the molecule is O=C(OS(=O)(=O)c1ccccc1)c1ccccc1.[Na]. The van der Waals surface area contributed by atoms with Crippen LogP contribution in [0.25, 0.3) is 0 Å². The Morgan fingerprint density at radius 2 is 1.32 bits per heavy atom. The molecule has 0 saturated carbocycles. The molecule has 0 aromatic heterocycles. The number of carbonyl (C=O) groups is 1. The Labute approximate surface area is 133 Å². The molecule has 4 nitrogen and oxygen atoms in total. The Kier molecular flexibility index (Phi) is 5.75. The summed E-state index contributed by atoms with van der Waals surface area (Å²) >= 11 is 0. The van der Waals surface area contributed by atoms with Crippen molar-refractivity contribution in [2.75, 3.05) is 0 Å². The second-order valence-corrected chi connectivity index (χ2v) is 5.05. The fourth-order valence-corrected chi connectivity index (χ4v) is 2.24. The van der Waals surface area contributed by atoms with Gasteiger partial charge in [-0.15, -0.1) is 0 Å². The molecule has 0 bridgehead atoms. The van der Waals surface area contributed by atoms with Crippen molar-refractivity contribution in [1.29, 1.82) is 0 Å². The molecule has 2 rings (SSSR count). The van der Waals surface area contributed by atoms with E-state index in [1.54, 1.807) is 36.4 Å². The van der Waals surface area contributed by atoms with Crippen LogP contribution >= 0.6 is 0 Å². The zero-order valence-electron chi connectivity index (χ0n) is 10.3. The molecule has 6 heteroatoms. The maximum atomic E-state index is 11.8. The van der Waals surface area contributed by atoms with Crippen molar-refractivity contribution < 1.29 is 17.4 Å². The first kappa shape index (κ1) is 15.9. The number of rotatable bonds is 3. The second kappa shape index (κ2) is 6.86. The molecule has 0 atom stereocenters. The van der Waals surface area contributed by atoms with Gasteiger partial charge >= 0.3 is 16.1 Å². The summed E-state index contributed by atoms with van der Waals surface area (Å²) in [7, 11) is -4.06. The van der Waals surface area contributed by atoms with Crippen molar-refractivity contribution in [1.82, 2.24) is 0 Å². The molecule has 0 heterocycles. The fraction of sp³-hybridized carbons (Fsp3) is 0. The Morgan fingerprint density at radius 3 is 1.84 bits per heavy atom. The minimum Gasteiger partial charge on any atom is -0.338 e. The van der Waals surface area contributed by atoms with E-state index >= 15 is 0 Å². The Bertz CT molecular complexity index is 639. The molecule has 0 amide bonds. The van der Waals surface area contributed by atoms with Crippen molar-refractivity contribution in [2.24, 2.45) is 0 Å². The minimum atomic E-state index is -4.06. The minimum absolute atomic E-state index is 0. The third kappa shape index (κ3) is 4.18. The third-order valence-electron chi connectivity index (χ3n) is 2.23. The van der Waals surface area contributed by atoms with Crippen LogP contribution in [0.1, 0.15) is 10.4 Å². The smallest absolute Gasteiger partial charge is 0.338 e. The van der Waals surface area contributed by atoms with Crippen molar-refractivity contribution in [2.45, 2.75) is 4.90 Å². The van der Waals surface area contributed by atoms with Crippen molar-refractivity contribution in [3.63, 3.8) is 0 Å². The maximum Gasteiger partial charge on any atom is 0.354 e. The van der Waals surface area contributed by atoms with Gasteiger partial charge in [-0.3, -0.25) is 0 Å². The largest absolute Gasteiger partial charge is 0.354 e. The van der Waals surface area contributed by atoms with Crippen molar-refractivity contribution >= 4 is 45.6 Å². The molecule has 1 radical (unpaired) electrons. The number of hydrogen-bond donors (Lipinski definition) is 0. The van der Waals surface area contributed by atoms with Crippen molar-refractivity contribution in [3.8, 4) is 0 Å². The van der Waals surface area contributed by atoms with E-state index in [1.165, 1.54) is 24.3 Å². The van der Waals surface area contributed by atoms with E-state index in [-0.39, 0.29) is 40.0 Å². The molecule has 0 aliphatic heterocycles. The Balaban J connectivity index is 0.00000180. The second-order valence-electron chi connectivity index (χ2n) is 3.50. The van der Waals surface area contributed by atoms with Gasteiger partial charge in [-0.2, -0.15) is 8.42 Å². The van der Waals surface area contributed by atoms with Gasteiger partial charge in [0.15, 0.2) is 0 Å². The molecule has 93 valence electrons. The van der Waals surface area contributed by atoms with Crippen LogP contribution in [-0.2, 0) is 14.3 Å². The van der Waals surface area contributed by atoms with Gasteiger partial charge in [0.05, 0.1) is 5.56 Å². The van der Waals surface area contributed by atoms with Gasteiger partial charge in [-0.1, -0.05) is 36.4 Å². The monoisotopic (exact) mass is 285 g/mol. The Morgan fingerprint density at radius 1 is 0.842 bits per heavy atom. The third-order valence-corrected chi connectivity index (χ3v) is 3.45. The van der Waals surface area contributed by atoms with Crippen LogP contribution in [-0.4, -0.2) is 43.9 Å². The van der Waals surface area contributed by atoms with E-state index < -0.39 is 16.1 Å². The Hall–Kier alpha value is -1.14. The van der Waals surface area contributed by atoms with E-state index in [4.69, 9.17) is 0 Å². The van der Waals surface area contributed by atoms with Gasteiger partial charge in [-0.05, 0) is 24.3 Å². The van der Waals surface area contributed by atoms with E-state index in [2.05, 4.69) is 4.18 Å². The first-order valence-electron chi connectivity index (χ1n) is 5.18. The van der Waals surface area contributed by atoms with Crippen LogP contribution < -0.4 is 0 Å². The van der Waals surface area contributed by atoms with Crippen LogP contribution in [0.15, 0.2) is 65.6 Å². The van der Waals surface area contributed by atoms with Gasteiger partial charge in [0.25, 0.3) is 0 Å². The molecule has 0 N–H and O–H groups in total. The predicted octanol–water partition coefficient (Wildman–Crippen LogP) is 1.85. The summed E-state index contributed by atoms with van der Waals surface area (Å²) in [6.45, 7) is 0. The summed E-state index contributed by atoms with van der Waals surface area (Å²) in [6.07, 6.45) is 0. The molecule has 2 aromatic carbocycles. The summed E-state index contributed by atoms with van der Waals surface area (Å²) in [6, 6.07) is 15.5. The zero-order valence-corrected chi connectivity index (χ0v) is 13.1. The van der Waals surface area contributed by atoms with Gasteiger partial charge in [0.2, 0.25) is 0 Å². The van der Waals surface area contributed by atoms with Crippen LogP contribution in [0.2, 0.25) is 0 Å². The molecular weight excluding hydrogens is 275 g/mol. The van der Waals surface area contributed by atoms with Crippen LogP contribution in [0.5, 0.6) is 0 Å². The summed E-state index contributed by atoms with van der Waals surface area (Å²) in [5.41, 5.74) is 0.192. The molecule has 2 aromatic rings. The molecule has 0 fully saturated rings. The summed E-state index contributed by atoms with van der Waals surface area (Å²) in [5, 5.41) is 0. The molecular formula is C13H10NaO4S. The quantitative estimate of drug-likeness (QED) is 0.638. The topological polar surface area (TPSA) is 60.4 Å². The predicted molar refractivity (Wildman–Crippen MR) is 71.2 cm³/mol. The van der Waals surface area contributed by atoms with Crippen LogP contribution in [0.4, 0.5) is 0 Å². The van der Waals surface area contributed by atoms with E-state index in [0.29, 0.717) is 0 Å². The zero-order chi connectivity index (χ0) is 13.0. The number of carbonyl (C=O) groups excluding carboxylic acids is 1. The molecule has 0 spiro atoms. The summed E-state index contributed by atoms with van der Waals surface area (Å²) < 4.78 is 28.1. The molecule has 0 aliphatic carbocycles. The average molecular weight is 285 g/mol. The van der Waals surface area contributed by atoms with Gasteiger partial charge in [0, 0.05) is 29.6 Å². The first-order valence-corrected chi connectivity index (χ1v) is 6.59. The molecule has 0 unspecified atom stereocenters. The maximum absolute atomic E-state index is 11.8. The normalized spacial score (nSPS) is 10.3. The molecule has 0 saturated heterocycles. The van der Waals surface area contributed by atoms with Crippen molar-refractivity contribution in [3.05, 3.63) is 66.2 Å². The standard InChI is InChI=1S/C13H10O4S.Na/c14-13(11-7-3-1-4-8-11)17-18(15,16)12-9-5-2-6-10-12;/h1-10H;. The number of hydrogen-bond acceptors (Lipinski definition) is 4. The number of benzene rings is 2. The first-order chi connectivity index (χ1) is 8.59. The van der Waals surface area contributed by atoms with Crippen LogP contribution in [0, 0.1) is 0 Å². The van der Waals surface area contributed by atoms with Gasteiger partial charge < -0.3 is 4.18 Å². The van der Waals surface area contributed by atoms with E-state index in [0.717, 1.165) is 0 Å². The summed E-state index contributed by atoms with van der Waals surface area (Å²) in [5.74, 6) is -0.889. The van der Waals surface area contributed by atoms with Gasteiger partial charge in [0.1, 0.15) is 4.90 Å². The van der Waals surface area contributed by atoms with E-state index in [9.17, 15) is 13.2 Å². The van der Waals surface area contributed by atoms with Gasteiger partial charge in [-0.25, -0.2) is 4.79 Å². The molecule has 19 heavy (non-hydrogen) atoms. The van der Waals surface area contributed by atoms with Crippen LogP contribution in [0.3, 0.4) is 0 Å². The average Bonchev–Trinajstić information content (AvgIpc) is 2.40.